The highest BCUT2D eigenvalue weighted by atomic mass is 32.3. The number of hydrogen-bond acceptors (Lipinski definition) is 4. The minimum Gasteiger partial charge on any atom is -0.593 e. The number of hydrogen-bond donors (Lipinski definition) is 2. The van der Waals surface area contributed by atoms with Gasteiger partial charge < -0.3 is 14.8 Å². The van der Waals surface area contributed by atoms with Gasteiger partial charge in [-0.25, -0.2) is 0 Å². The zero-order chi connectivity index (χ0) is 19.1. The Morgan fingerprint density at radius 3 is 2.70 bits per heavy atom. The first-order chi connectivity index (χ1) is 12.9. The lowest BCUT2D eigenvalue weighted by Crippen LogP contribution is -2.59. The van der Waals surface area contributed by atoms with Gasteiger partial charge in [-0.2, -0.15) is 0 Å². The van der Waals surface area contributed by atoms with Gasteiger partial charge in [0, 0.05) is 18.7 Å². The van der Waals surface area contributed by atoms with Gasteiger partial charge in [-0.05, 0) is 44.0 Å². The van der Waals surface area contributed by atoms with E-state index < -0.39 is 15.9 Å². The molecular weight excluding hydrogens is 362 g/mol. The van der Waals surface area contributed by atoms with E-state index in [0.717, 1.165) is 18.4 Å². The van der Waals surface area contributed by atoms with E-state index in [1.807, 2.05) is 42.2 Å². The van der Waals surface area contributed by atoms with E-state index >= 15 is 0 Å². The summed E-state index contributed by atoms with van der Waals surface area (Å²) >= 11 is 0. The van der Waals surface area contributed by atoms with E-state index in [-0.39, 0.29) is 17.3 Å². The molecule has 2 atom stereocenters. The molecule has 2 aliphatic rings. The van der Waals surface area contributed by atoms with Crippen LogP contribution in [0.4, 0.5) is 5.69 Å². The van der Waals surface area contributed by atoms with Gasteiger partial charge in [0.2, 0.25) is 0 Å². The Kier molecular flexibility index (Phi) is 4.53. The van der Waals surface area contributed by atoms with Crippen molar-refractivity contribution in [3.8, 4) is 0 Å². The monoisotopic (exact) mass is 385 g/mol. The SMILES string of the molecule is Cc1ccc(C(=O)N2CCCC3(CN[S+](=O)([O-])c4ccccc4N3)C2)cc1. The minimum atomic E-state index is -3.56. The number of fused-ring (bicyclic) bond motifs is 1. The minimum absolute atomic E-state index is 0.0173. The zero-order valence-electron chi connectivity index (χ0n) is 15.2. The summed E-state index contributed by atoms with van der Waals surface area (Å²) in [5, 5.41) is 3.44. The Morgan fingerprint density at radius 2 is 1.93 bits per heavy atom. The Bertz CT molecular complexity index is 915. The van der Waals surface area contributed by atoms with E-state index in [9.17, 15) is 13.6 Å². The van der Waals surface area contributed by atoms with Crippen molar-refractivity contribution in [2.24, 2.45) is 0 Å². The van der Waals surface area contributed by atoms with E-state index in [0.29, 0.717) is 24.3 Å². The predicted octanol–water partition coefficient (Wildman–Crippen LogP) is 2.59. The second-order valence-electron chi connectivity index (χ2n) is 7.42. The van der Waals surface area contributed by atoms with E-state index in [1.165, 1.54) is 0 Å². The molecule has 6 nitrogen and oxygen atoms in total. The molecule has 1 saturated heterocycles. The first kappa shape index (κ1) is 18.2. The van der Waals surface area contributed by atoms with Crippen molar-refractivity contribution in [1.29, 1.82) is 0 Å². The molecule has 2 heterocycles. The van der Waals surface area contributed by atoms with Crippen molar-refractivity contribution >= 4 is 22.0 Å². The number of amides is 1. The van der Waals surface area contributed by atoms with Crippen molar-refractivity contribution in [2.75, 3.05) is 25.0 Å². The fourth-order valence-corrected chi connectivity index (χ4v) is 5.16. The number of anilines is 1. The molecule has 1 amide bonds. The molecule has 1 spiro atoms. The molecule has 2 aromatic carbocycles. The van der Waals surface area contributed by atoms with Gasteiger partial charge in [-0.15, -0.1) is 4.72 Å². The molecule has 142 valence electrons. The van der Waals surface area contributed by atoms with Gasteiger partial charge in [0.1, 0.15) is 0 Å². The quantitative estimate of drug-likeness (QED) is 0.739. The largest absolute Gasteiger partial charge is 0.593 e. The highest BCUT2D eigenvalue weighted by Gasteiger charge is 2.43. The number of sulfonamides is 1. The molecule has 27 heavy (non-hydrogen) atoms. The van der Waals surface area contributed by atoms with Crippen LogP contribution in [0.15, 0.2) is 53.4 Å². The maximum atomic E-state index is 13.0. The summed E-state index contributed by atoms with van der Waals surface area (Å²) in [6.45, 7) is 3.37. The summed E-state index contributed by atoms with van der Waals surface area (Å²) < 4.78 is 27.8. The molecule has 2 aliphatic heterocycles. The fourth-order valence-electron chi connectivity index (χ4n) is 3.88. The molecule has 2 N–H and O–H groups in total. The van der Waals surface area contributed by atoms with Gasteiger partial charge in [0.05, 0.1) is 17.8 Å². The zero-order valence-corrected chi connectivity index (χ0v) is 16.1. The smallest absolute Gasteiger partial charge is 0.253 e. The van der Waals surface area contributed by atoms with Crippen molar-refractivity contribution in [2.45, 2.75) is 30.2 Å². The van der Waals surface area contributed by atoms with Crippen LogP contribution in [-0.4, -0.2) is 40.5 Å². The van der Waals surface area contributed by atoms with Crippen LogP contribution >= 0.6 is 0 Å². The number of nitrogens with one attached hydrogen (secondary N) is 2. The van der Waals surface area contributed by atoms with Crippen LogP contribution in [0, 0.1) is 6.92 Å². The second kappa shape index (κ2) is 6.74. The number of carbonyl (C=O) groups is 1. The third-order valence-electron chi connectivity index (χ3n) is 5.34. The summed E-state index contributed by atoms with van der Waals surface area (Å²) in [4.78, 5) is 15.0. The summed E-state index contributed by atoms with van der Waals surface area (Å²) in [6.07, 6.45) is 1.61. The summed E-state index contributed by atoms with van der Waals surface area (Å²) in [7, 11) is -3.56. The average molecular weight is 385 g/mol. The number of rotatable bonds is 1. The van der Waals surface area contributed by atoms with Crippen LogP contribution in [0.5, 0.6) is 0 Å². The maximum Gasteiger partial charge on any atom is 0.253 e. The molecule has 0 saturated carbocycles. The van der Waals surface area contributed by atoms with Crippen molar-refractivity contribution in [3.63, 3.8) is 0 Å². The van der Waals surface area contributed by atoms with Crippen LogP contribution in [-0.2, 0) is 14.6 Å². The molecule has 7 heteroatoms. The third-order valence-corrected chi connectivity index (χ3v) is 6.80. The van der Waals surface area contributed by atoms with Gasteiger partial charge in [-0.1, -0.05) is 34.0 Å². The predicted molar refractivity (Wildman–Crippen MR) is 104 cm³/mol. The van der Waals surface area contributed by atoms with Crippen LogP contribution in [0.25, 0.3) is 0 Å². The van der Waals surface area contributed by atoms with E-state index in [2.05, 4.69) is 10.0 Å². The number of para-hydroxylation sites is 1. The van der Waals surface area contributed by atoms with Crippen LogP contribution < -0.4 is 10.0 Å². The molecule has 1 fully saturated rings. The number of nitrogens with zero attached hydrogens (tertiary/aromatic N) is 1. The van der Waals surface area contributed by atoms with Crippen molar-refractivity contribution in [3.05, 3.63) is 59.7 Å². The number of piperidine rings is 1. The Balaban J connectivity index is 1.61. The Labute approximate surface area is 160 Å². The van der Waals surface area contributed by atoms with Gasteiger partial charge in [-0.3, -0.25) is 4.79 Å². The average Bonchev–Trinajstić information content (AvgIpc) is 2.77. The van der Waals surface area contributed by atoms with Crippen LogP contribution in [0.3, 0.4) is 0 Å². The topological polar surface area (TPSA) is 84.5 Å². The van der Waals surface area contributed by atoms with E-state index in [1.54, 1.807) is 18.2 Å². The van der Waals surface area contributed by atoms with E-state index in [4.69, 9.17) is 0 Å². The Morgan fingerprint density at radius 1 is 1.19 bits per heavy atom. The summed E-state index contributed by atoms with van der Waals surface area (Å²) in [5.41, 5.74) is 1.84. The van der Waals surface area contributed by atoms with Gasteiger partial charge >= 0.3 is 0 Å². The molecule has 0 radical (unpaired) electrons. The normalized spacial score (nSPS) is 27.6. The first-order valence-corrected chi connectivity index (χ1v) is 10.6. The molecular formula is C20H23N3O3S. The van der Waals surface area contributed by atoms with Gasteiger partial charge in [0.15, 0.2) is 15.3 Å². The summed E-state index contributed by atoms with van der Waals surface area (Å²) in [6, 6.07) is 14.5. The molecule has 2 unspecified atom stereocenters. The number of aryl methyl sites for hydroxylation is 1. The molecule has 2 aromatic rings. The molecule has 4 rings (SSSR count). The lowest BCUT2D eigenvalue weighted by Gasteiger charge is -2.42. The lowest BCUT2D eigenvalue weighted by atomic mass is 9.88. The standard InChI is InChI=1S/C20H23N3O3S/c1-15-7-9-16(10-8-15)19(24)23-12-4-11-20(14-23)13-21-27(25,26)18-6-3-2-5-17(18)22-20/h2-3,5-10H,4,11-14H2,1H3,(H2-,21,22,25,26). The molecule has 0 aromatic heterocycles. The Hall–Kier alpha value is -2.22. The summed E-state index contributed by atoms with van der Waals surface area (Å²) in [5.74, 6) is -0.0173. The maximum absolute atomic E-state index is 13.0. The molecule has 0 aliphatic carbocycles. The highest BCUT2D eigenvalue weighted by molar-refractivity contribution is 7.96. The number of carbonyl (C=O) groups excluding carboxylic acids is 1. The molecule has 0 bridgehead atoms. The fraction of sp³-hybridized carbons (Fsp3) is 0.350. The van der Waals surface area contributed by atoms with Gasteiger partial charge in [0.25, 0.3) is 5.91 Å². The van der Waals surface area contributed by atoms with Crippen molar-refractivity contribution in [1.82, 2.24) is 9.62 Å². The first-order valence-electron chi connectivity index (χ1n) is 9.11. The number of benzene rings is 2. The third kappa shape index (κ3) is 3.50. The van der Waals surface area contributed by atoms with Crippen LogP contribution in [0.2, 0.25) is 0 Å². The van der Waals surface area contributed by atoms with Crippen LogP contribution in [0.1, 0.15) is 28.8 Å². The van der Waals surface area contributed by atoms with Crippen molar-refractivity contribution < 1.29 is 13.6 Å². The second-order valence-corrected chi connectivity index (χ2v) is 9.16. The lowest BCUT2D eigenvalue weighted by molar-refractivity contribution is 0.0663. The highest BCUT2D eigenvalue weighted by Crippen LogP contribution is 2.34. The number of likely N-dealkylation sites (tertiary alicyclic amines) is 1.